The highest BCUT2D eigenvalue weighted by Gasteiger charge is 2.24. The van der Waals surface area contributed by atoms with Crippen LogP contribution < -0.4 is 4.72 Å². The molecule has 2 unspecified atom stereocenters. The van der Waals surface area contributed by atoms with E-state index in [0.717, 1.165) is 12.8 Å². The third-order valence-corrected chi connectivity index (χ3v) is 4.84. The molecular weight excluding hydrogens is 276 g/mol. The average Bonchev–Trinajstić information content (AvgIpc) is 2.82. The molecule has 0 aromatic heterocycles. The van der Waals surface area contributed by atoms with E-state index in [1.807, 2.05) is 6.07 Å². The Morgan fingerprint density at radius 3 is 2.85 bits per heavy atom. The fourth-order valence-electron chi connectivity index (χ4n) is 2.48. The molecule has 0 bridgehead atoms. The highest BCUT2D eigenvalue weighted by molar-refractivity contribution is 7.88. The summed E-state index contributed by atoms with van der Waals surface area (Å²) in [5.74, 6) is 0.0860. The zero-order chi connectivity index (χ0) is 14.6. The number of benzene rings is 1. The number of hydrogen-bond acceptors (Lipinski definition) is 4. The molecule has 6 heteroatoms. The van der Waals surface area contributed by atoms with E-state index in [4.69, 9.17) is 5.26 Å². The number of nitrogens with one attached hydrogen (secondary N) is 1. The first kappa shape index (κ1) is 15.0. The molecule has 1 saturated carbocycles. The van der Waals surface area contributed by atoms with E-state index >= 15 is 0 Å². The van der Waals surface area contributed by atoms with Gasteiger partial charge in [0, 0.05) is 6.54 Å². The molecule has 20 heavy (non-hydrogen) atoms. The van der Waals surface area contributed by atoms with E-state index < -0.39 is 10.0 Å². The normalized spacial score (nSPS) is 22.6. The van der Waals surface area contributed by atoms with Crippen LogP contribution in [0.1, 0.15) is 30.4 Å². The number of aliphatic hydroxyl groups excluding tert-OH is 1. The van der Waals surface area contributed by atoms with Gasteiger partial charge in [-0.25, -0.2) is 13.1 Å². The van der Waals surface area contributed by atoms with Gasteiger partial charge in [-0.3, -0.25) is 0 Å². The van der Waals surface area contributed by atoms with Crippen molar-refractivity contribution in [3.05, 3.63) is 35.4 Å². The van der Waals surface area contributed by atoms with Gasteiger partial charge in [0.25, 0.3) is 0 Å². The van der Waals surface area contributed by atoms with Crippen LogP contribution in [0.5, 0.6) is 0 Å². The van der Waals surface area contributed by atoms with Crippen LogP contribution in [0, 0.1) is 17.2 Å². The number of hydrogen-bond donors (Lipinski definition) is 2. The smallest absolute Gasteiger partial charge is 0.215 e. The van der Waals surface area contributed by atoms with Crippen LogP contribution in [0.25, 0.3) is 0 Å². The third-order valence-electron chi connectivity index (χ3n) is 3.52. The second-order valence-electron chi connectivity index (χ2n) is 5.25. The highest BCUT2D eigenvalue weighted by atomic mass is 32.2. The third kappa shape index (κ3) is 4.30. The Kier molecular flexibility index (Phi) is 4.76. The summed E-state index contributed by atoms with van der Waals surface area (Å²) in [7, 11) is -3.41. The molecule has 1 fully saturated rings. The van der Waals surface area contributed by atoms with Crippen molar-refractivity contribution in [2.75, 3.05) is 6.54 Å². The molecule has 0 saturated heterocycles. The second-order valence-corrected chi connectivity index (χ2v) is 7.06. The van der Waals surface area contributed by atoms with Gasteiger partial charge in [-0.15, -0.1) is 0 Å². The van der Waals surface area contributed by atoms with E-state index in [0.29, 0.717) is 24.1 Å². The first-order valence-corrected chi connectivity index (χ1v) is 8.28. The molecule has 1 aliphatic rings. The van der Waals surface area contributed by atoms with Crippen molar-refractivity contribution in [1.29, 1.82) is 5.26 Å². The summed E-state index contributed by atoms with van der Waals surface area (Å²) in [4.78, 5) is 0. The number of aliphatic hydroxyl groups is 1. The van der Waals surface area contributed by atoms with E-state index in [1.54, 1.807) is 24.3 Å². The lowest BCUT2D eigenvalue weighted by molar-refractivity contribution is 0.178. The van der Waals surface area contributed by atoms with Crippen molar-refractivity contribution in [3.8, 4) is 6.07 Å². The molecule has 0 spiro atoms. The number of rotatable bonds is 5. The standard InChI is InChI=1S/C14H18N2O3S/c15-8-11-2-1-3-13(6-11)10-20(18,19)16-9-12-4-5-14(17)7-12/h1-3,6,12,14,16-17H,4-5,7,9-10H2. The van der Waals surface area contributed by atoms with Crippen LogP contribution in [0.4, 0.5) is 0 Å². The quantitative estimate of drug-likeness (QED) is 0.852. The van der Waals surface area contributed by atoms with Gasteiger partial charge in [0.15, 0.2) is 0 Å². The Hall–Kier alpha value is -1.42. The summed E-state index contributed by atoms with van der Waals surface area (Å²) in [6.07, 6.45) is 1.97. The van der Waals surface area contributed by atoms with Gasteiger partial charge in [-0.1, -0.05) is 12.1 Å². The topological polar surface area (TPSA) is 90.2 Å². The Morgan fingerprint density at radius 2 is 2.20 bits per heavy atom. The number of sulfonamides is 1. The van der Waals surface area contributed by atoms with E-state index in [2.05, 4.69) is 4.72 Å². The van der Waals surface area contributed by atoms with Crippen LogP contribution >= 0.6 is 0 Å². The Balaban J connectivity index is 1.92. The SMILES string of the molecule is N#Cc1cccc(CS(=O)(=O)NCC2CCC(O)C2)c1. The van der Waals surface area contributed by atoms with Crippen molar-refractivity contribution >= 4 is 10.0 Å². The zero-order valence-corrected chi connectivity index (χ0v) is 11.9. The maximum absolute atomic E-state index is 12.0. The largest absolute Gasteiger partial charge is 0.393 e. The Morgan fingerprint density at radius 1 is 1.40 bits per heavy atom. The van der Waals surface area contributed by atoms with Gasteiger partial charge >= 0.3 is 0 Å². The molecule has 0 aliphatic heterocycles. The summed E-state index contributed by atoms with van der Waals surface area (Å²) in [5.41, 5.74) is 1.06. The van der Waals surface area contributed by atoms with Crippen molar-refractivity contribution < 1.29 is 13.5 Å². The van der Waals surface area contributed by atoms with Gasteiger partial charge in [-0.05, 0) is 42.9 Å². The minimum atomic E-state index is -3.41. The Bertz CT molecular complexity index is 607. The molecule has 0 heterocycles. The molecule has 1 aliphatic carbocycles. The van der Waals surface area contributed by atoms with E-state index in [9.17, 15) is 13.5 Å². The van der Waals surface area contributed by atoms with E-state index in [-0.39, 0.29) is 17.8 Å². The van der Waals surface area contributed by atoms with Gasteiger partial charge < -0.3 is 5.11 Å². The predicted molar refractivity (Wildman–Crippen MR) is 75.1 cm³/mol. The lowest BCUT2D eigenvalue weighted by atomic mass is 10.1. The average molecular weight is 294 g/mol. The first-order chi connectivity index (χ1) is 9.48. The van der Waals surface area contributed by atoms with Crippen LogP contribution in [-0.2, 0) is 15.8 Å². The van der Waals surface area contributed by atoms with Crippen LogP contribution in [0.15, 0.2) is 24.3 Å². The summed E-state index contributed by atoms with van der Waals surface area (Å²) in [5, 5.41) is 18.2. The zero-order valence-electron chi connectivity index (χ0n) is 11.1. The molecule has 1 aromatic rings. The minimum absolute atomic E-state index is 0.127. The molecule has 2 atom stereocenters. The number of nitriles is 1. The van der Waals surface area contributed by atoms with Crippen LogP contribution in [-0.4, -0.2) is 26.2 Å². The van der Waals surface area contributed by atoms with Crippen LogP contribution in [0.3, 0.4) is 0 Å². The summed E-state index contributed by atoms with van der Waals surface area (Å²) in [6.45, 7) is 0.372. The van der Waals surface area contributed by atoms with Gasteiger partial charge in [-0.2, -0.15) is 5.26 Å². The lowest BCUT2D eigenvalue weighted by Crippen LogP contribution is -2.29. The van der Waals surface area contributed by atoms with Gasteiger partial charge in [0.1, 0.15) is 0 Å². The minimum Gasteiger partial charge on any atom is -0.393 e. The van der Waals surface area contributed by atoms with Gasteiger partial charge in [0.2, 0.25) is 10.0 Å². The molecule has 0 radical (unpaired) electrons. The molecule has 1 aromatic carbocycles. The number of nitrogens with zero attached hydrogens (tertiary/aromatic N) is 1. The first-order valence-electron chi connectivity index (χ1n) is 6.63. The van der Waals surface area contributed by atoms with Crippen molar-refractivity contribution in [3.63, 3.8) is 0 Å². The van der Waals surface area contributed by atoms with Crippen LogP contribution in [0.2, 0.25) is 0 Å². The van der Waals surface area contributed by atoms with Crippen molar-refractivity contribution in [2.24, 2.45) is 5.92 Å². The second kappa shape index (κ2) is 6.35. The predicted octanol–water partition coefficient (Wildman–Crippen LogP) is 1.14. The van der Waals surface area contributed by atoms with Crippen molar-refractivity contribution in [2.45, 2.75) is 31.1 Å². The molecular formula is C14H18N2O3S. The maximum atomic E-state index is 12.0. The fraction of sp³-hybridized carbons (Fsp3) is 0.500. The fourth-order valence-corrected chi connectivity index (χ4v) is 3.69. The summed E-state index contributed by atoms with van der Waals surface area (Å²) < 4.78 is 26.5. The molecule has 108 valence electrons. The van der Waals surface area contributed by atoms with Crippen molar-refractivity contribution in [1.82, 2.24) is 4.72 Å². The maximum Gasteiger partial charge on any atom is 0.215 e. The van der Waals surface area contributed by atoms with E-state index in [1.165, 1.54) is 0 Å². The Labute approximate surface area is 119 Å². The molecule has 0 amide bonds. The summed E-state index contributed by atoms with van der Waals surface area (Å²) >= 11 is 0. The molecule has 2 rings (SSSR count). The highest BCUT2D eigenvalue weighted by Crippen LogP contribution is 2.24. The van der Waals surface area contributed by atoms with Gasteiger partial charge in [0.05, 0.1) is 23.5 Å². The lowest BCUT2D eigenvalue weighted by Gasteiger charge is -2.11. The molecule has 5 nitrogen and oxygen atoms in total. The summed E-state index contributed by atoms with van der Waals surface area (Å²) in [6, 6.07) is 8.59. The monoisotopic (exact) mass is 294 g/mol. The molecule has 2 N–H and O–H groups in total.